The van der Waals surface area contributed by atoms with Crippen molar-refractivity contribution in [3.8, 4) is 23.3 Å². The Bertz CT molecular complexity index is 1290. The third-order valence-electron chi connectivity index (χ3n) is 6.24. The van der Waals surface area contributed by atoms with Crippen LogP contribution in [0.4, 0.5) is 4.39 Å². The number of carbonyl (C=O) groups excluding carboxylic acids is 2. The first-order chi connectivity index (χ1) is 19.4. The van der Waals surface area contributed by atoms with Crippen molar-refractivity contribution < 1.29 is 28.2 Å². The lowest BCUT2D eigenvalue weighted by atomic mass is 10.1. The molecule has 210 valence electrons. The van der Waals surface area contributed by atoms with Crippen LogP contribution in [0, 0.1) is 24.6 Å². The van der Waals surface area contributed by atoms with Crippen molar-refractivity contribution in [1.82, 2.24) is 0 Å². The first-order valence-electron chi connectivity index (χ1n) is 13.9. The molecule has 0 radical (unpaired) electrons. The van der Waals surface area contributed by atoms with E-state index in [1.807, 2.05) is 19.1 Å². The van der Waals surface area contributed by atoms with Gasteiger partial charge in [-0.05, 0) is 74.4 Å². The van der Waals surface area contributed by atoms with E-state index in [2.05, 4.69) is 11.8 Å². The van der Waals surface area contributed by atoms with E-state index in [1.165, 1.54) is 19.4 Å². The molecule has 0 aromatic heterocycles. The lowest BCUT2D eigenvalue weighted by Crippen LogP contribution is -2.08. The second-order valence-corrected chi connectivity index (χ2v) is 9.69. The molecule has 0 fully saturated rings. The third-order valence-corrected chi connectivity index (χ3v) is 6.24. The van der Waals surface area contributed by atoms with Gasteiger partial charge in [-0.25, -0.2) is 9.18 Å². The van der Waals surface area contributed by atoms with Gasteiger partial charge in [-0.2, -0.15) is 0 Å². The molecule has 3 aromatic rings. The predicted molar refractivity (Wildman–Crippen MR) is 154 cm³/mol. The van der Waals surface area contributed by atoms with Crippen LogP contribution in [0.1, 0.15) is 85.3 Å². The summed E-state index contributed by atoms with van der Waals surface area (Å²) in [6.07, 6.45) is 8.53. The summed E-state index contributed by atoms with van der Waals surface area (Å²) in [7, 11) is 0. The van der Waals surface area contributed by atoms with Crippen LogP contribution in [0.15, 0.2) is 66.7 Å². The van der Waals surface area contributed by atoms with Crippen LogP contribution in [0.2, 0.25) is 0 Å². The number of esters is 2. The second kappa shape index (κ2) is 16.8. The van der Waals surface area contributed by atoms with Crippen molar-refractivity contribution >= 4 is 11.9 Å². The van der Waals surface area contributed by atoms with E-state index < -0.39 is 11.8 Å². The maximum Gasteiger partial charge on any atom is 0.343 e. The molecule has 3 rings (SSSR count). The van der Waals surface area contributed by atoms with Crippen molar-refractivity contribution in [1.29, 1.82) is 0 Å². The fourth-order valence-electron chi connectivity index (χ4n) is 3.96. The van der Waals surface area contributed by atoms with Crippen molar-refractivity contribution in [2.24, 2.45) is 0 Å². The summed E-state index contributed by atoms with van der Waals surface area (Å²) >= 11 is 0. The van der Waals surface area contributed by atoms with Crippen LogP contribution < -0.4 is 9.47 Å². The number of hydrogen-bond donors (Lipinski definition) is 0. The Hall–Kier alpha value is -4.11. The van der Waals surface area contributed by atoms with Gasteiger partial charge >= 0.3 is 11.9 Å². The van der Waals surface area contributed by atoms with E-state index in [1.54, 1.807) is 48.5 Å². The maximum absolute atomic E-state index is 14.5. The molecule has 40 heavy (non-hydrogen) atoms. The number of benzene rings is 3. The average Bonchev–Trinajstić information content (AvgIpc) is 2.94. The Balaban J connectivity index is 1.34. The van der Waals surface area contributed by atoms with Gasteiger partial charge in [0.2, 0.25) is 0 Å². The summed E-state index contributed by atoms with van der Waals surface area (Å²) in [4.78, 5) is 23.0. The largest absolute Gasteiger partial charge is 0.491 e. The molecule has 3 aromatic carbocycles. The van der Waals surface area contributed by atoms with E-state index >= 15 is 0 Å². The monoisotopic (exact) mass is 544 g/mol. The molecular formula is C34H37FO5. The van der Waals surface area contributed by atoms with Crippen LogP contribution in [-0.4, -0.2) is 25.2 Å². The molecular weight excluding hydrogens is 507 g/mol. The first-order valence-corrected chi connectivity index (χ1v) is 13.9. The van der Waals surface area contributed by atoms with Gasteiger partial charge < -0.3 is 14.2 Å². The minimum Gasteiger partial charge on any atom is -0.491 e. The molecule has 0 heterocycles. The summed E-state index contributed by atoms with van der Waals surface area (Å²) in [6.45, 7) is 4.38. The second-order valence-electron chi connectivity index (χ2n) is 9.69. The average molecular weight is 545 g/mol. The zero-order valence-electron chi connectivity index (χ0n) is 23.3. The number of halogens is 1. The molecule has 6 heteroatoms. The highest BCUT2D eigenvalue weighted by molar-refractivity contribution is 5.91. The maximum atomic E-state index is 14.5. The van der Waals surface area contributed by atoms with Crippen LogP contribution >= 0.6 is 0 Å². The SMILES string of the molecule is CC(=O)OCCCCCCCCCCOc1ccc(C#Cc2ccc(OC(=O)c3ccc(C)cc3)cc2)cc1F. The van der Waals surface area contributed by atoms with Gasteiger partial charge in [-0.3, -0.25) is 4.79 Å². The summed E-state index contributed by atoms with van der Waals surface area (Å²) in [5, 5.41) is 0. The molecule has 5 nitrogen and oxygen atoms in total. The summed E-state index contributed by atoms with van der Waals surface area (Å²) in [5.74, 6) is 5.56. The van der Waals surface area contributed by atoms with Crippen molar-refractivity contribution in [3.05, 3.63) is 94.8 Å². The Morgan fingerprint density at radius 1 is 0.725 bits per heavy atom. The molecule has 0 amide bonds. The summed E-state index contributed by atoms with van der Waals surface area (Å²) in [5.41, 5.74) is 2.83. The van der Waals surface area contributed by atoms with Gasteiger partial charge in [0, 0.05) is 18.1 Å². The Labute approximate surface area is 236 Å². The van der Waals surface area contributed by atoms with E-state index in [0.29, 0.717) is 30.1 Å². The molecule has 0 unspecified atom stereocenters. The van der Waals surface area contributed by atoms with Gasteiger partial charge in [-0.1, -0.05) is 68.1 Å². The van der Waals surface area contributed by atoms with E-state index in [4.69, 9.17) is 14.2 Å². The molecule has 0 aliphatic carbocycles. The highest BCUT2D eigenvalue weighted by Gasteiger charge is 2.08. The molecule has 0 atom stereocenters. The van der Waals surface area contributed by atoms with E-state index in [-0.39, 0.29) is 11.7 Å². The molecule has 0 saturated carbocycles. The fraction of sp³-hybridized carbons (Fsp3) is 0.353. The molecule has 0 aliphatic heterocycles. The minimum absolute atomic E-state index is 0.216. The van der Waals surface area contributed by atoms with Crippen molar-refractivity contribution in [2.75, 3.05) is 13.2 Å². The molecule has 0 saturated heterocycles. The lowest BCUT2D eigenvalue weighted by molar-refractivity contribution is -0.141. The Morgan fingerprint density at radius 3 is 1.93 bits per heavy atom. The lowest BCUT2D eigenvalue weighted by Gasteiger charge is -2.07. The standard InChI is InChI=1S/C34H37FO5/c1-26-11-18-30(19-12-26)34(37)40-31-20-15-28(16-21-31)13-14-29-17-22-33(32(35)25-29)39-24-10-8-6-4-3-5-7-9-23-38-27(2)36/h11-12,15-22,25H,3-10,23-24H2,1-2H3. The molecule has 0 aliphatic rings. The van der Waals surface area contributed by atoms with Crippen LogP contribution in [0.5, 0.6) is 11.5 Å². The van der Waals surface area contributed by atoms with Crippen LogP contribution in [0.25, 0.3) is 0 Å². The van der Waals surface area contributed by atoms with Crippen LogP contribution in [0.3, 0.4) is 0 Å². The predicted octanol–water partition coefficient (Wildman–Crippen LogP) is 7.82. The van der Waals surface area contributed by atoms with E-state index in [9.17, 15) is 14.0 Å². The van der Waals surface area contributed by atoms with Crippen molar-refractivity contribution in [3.63, 3.8) is 0 Å². The number of ether oxygens (including phenoxy) is 3. The van der Waals surface area contributed by atoms with Crippen LogP contribution in [-0.2, 0) is 9.53 Å². The van der Waals surface area contributed by atoms with Gasteiger partial charge in [0.15, 0.2) is 11.6 Å². The zero-order chi connectivity index (χ0) is 28.6. The minimum atomic E-state index is -0.432. The van der Waals surface area contributed by atoms with Gasteiger partial charge in [0.25, 0.3) is 0 Å². The van der Waals surface area contributed by atoms with Gasteiger partial charge in [-0.15, -0.1) is 0 Å². The number of aryl methyl sites for hydroxylation is 1. The Kier molecular flexibility index (Phi) is 12.8. The smallest absolute Gasteiger partial charge is 0.343 e. The normalized spacial score (nSPS) is 10.4. The number of hydrogen-bond acceptors (Lipinski definition) is 5. The van der Waals surface area contributed by atoms with E-state index in [0.717, 1.165) is 56.1 Å². The molecule has 0 bridgehead atoms. The van der Waals surface area contributed by atoms with Crippen molar-refractivity contribution in [2.45, 2.75) is 65.2 Å². The zero-order valence-corrected chi connectivity index (χ0v) is 23.3. The third kappa shape index (κ3) is 11.3. The number of rotatable bonds is 14. The quantitative estimate of drug-likeness (QED) is 0.0896. The van der Waals surface area contributed by atoms with Gasteiger partial charge in [0.1, 0.15) is 5.75 Å². The highest BCUT2D eigenvalue weighted by atomic mass is 19.1. The van der Waals surface area contributed by atoms with Gasteiger partial charge in [0.05, 0.1) is 18.8 Å². The molecule has 0 N–H and O–H groups in total. The summed E-state index contributed by atoms with van der Waals surface area (Å²) in [6, 6.07) is 18.8. The highest BCUT2D eigenvalue weighted by Crippen LogP contribution is 2.19. The fourth-order valence-corrected chi connectivity index (χ4v) is 3.96. The summed E-state index contributed by atoms with van der Waals surface area (Å²) < 4.78 is 30.4. The Morgan fingerprint density at radius 2 is 1.30 bits per heavy atom. The number of carbonyl (C=O) groups is 2. The topological polar surface area (TPSA) is 61.8 Å². The molecule has 0 spiro atoms. The number of unbranched alkanes of at least 4 members (excludes halogenated alkanes) is 7. The first kappa shape index (κ1) is 30.4.